The summed E-state index contributed by atoms with van der Waals surface area (Å²) in [6.45, 7) is 1.80. The zero-order valence-corrected chi connectivity index (χ0v) is 34.6. The number of carbonyl (C=O) groups is 6. The SMILES string of the molecule is COc1ccc(N(NC(=O)[C@H](C)NC(=O)[C@@H](Cc2c[nH]c3ccccc23)NC(=O)[C@@H](N)Cc2cnc[nH]2)C(=O)N[C@H](Cc2ccccc2)C(=O)N[C@@H](CCCCN)C(N)=O)cc1. The van der Waals surface area contributed by atoms with Crippen LogP contribution in [0.15, 0.2) is 97.6 Å². The lowest BCUT2D eigenvalue weighted by Gasteiger charge is -2.29. The second-order valence-corrected chi connectivity index (χ2v) is 14.7. The molecular formula is C43H54N12O7. The van der Waals surface area contributed by atoms with E-state index in [0.717, 1.165) is 21.5 Å². The number of benzene rings is 3. The number of nitrogens with one attached hydrogen (secondary N) is 7. The molecule has 0 spiro atoms. The molecule has 19 heteroatoms. The minimum absolute atomic E-state index is 0.0125. The fourth-order valence-electron chi connectivity index (χ4n) is 6.61. The summed E-state index contributed by atoms with van der Waals surface area (Å²) in [5, 5.41) is 12.5. The number of aromatic nitrogens is 3. The number of carbonyl (C=O) groups excluding carboxylic acids is 6. The smallest absolute Gasteiger partial charge is 0.341 e. The maximum absolute atomic E-state index is 14.2. The summed E-state index contributed by atoms with van der Waals surface area (Å²) >= 11 is 0. The van der Waals surface area contributed by atoms with Crippen LogP contribution in [0.25, 0.3) is 10.9 Å². The summed E-state index contributed by atoms with van der Waals surface area (Å²) in [4.78, 5) is 91.7. The first kappa shape index (κ1) is 45.8. The van der Waals surface area contributed by atoms with Crippen LogP contribution in [0.3, 0.4) is 0 Å². The average molecular weight is 851 g/mol. The van der Waals surface area contributed by atoms with E-state index in [9.17, 15) is 28.8 Å². The summed E-state index contributed by atoms with van der Waals surface area (Å²) in [5.74, 6) is -3.10. The number of nitrogens with zero attached hydrogens (tertiary/aromatic N) is 2. The number of nitrogens with two attached hydrogens (primary N) is 3. The van der Waals surface area contributed by atoms with Gasteiger partial charge in [0.15, 0.2) is 0 Å². The minimum atomic E-state index is -1.27. The van der Waals surface area contributed by atoms with Gasteiger partial charge in [0.05, 0.1) is 25.2 Å². The topological polar surface area (TPSA) is 298 Å². The van der Waals surface area contributed by atoms with E-state index < -0.39 is 65.8 Å². The van der Waals surface area contributed by atoms with Gasteiger partial charge < -0.3 is 53.2 Å². The van der Waals surface area contributed by atoms with Crippen molar-refractivity contribution >= 4 is 52.2 Å². The summed E-state index contributed by atoms with van der Waals surface area (Å²) in [5.41, 5.74) is 23.1. The number of anilines is 1. The van der Waals surface area contributed by atoms with E-state index in [0.29, 0.717) is 36.4 Å². The number of hydrogen-bond donors (Lipinski definition) is 10. The summed E-state index contributed by atoms with van der Waals surface area (Å²) in [6, 6.07) is 15.8. The molecule has 5 aromatic rings. The van der Waals surface area contributed by atoms with Gasteiger partial charge in [-0.2, -0.15) is 0 Å². The number of rotatable bonds is 21. The molecule has 0 saturated heterocycles. The Labute approximate surface area is 358 Å². The van der Waals surface area contributed by atoms with Crippen molar-refractivity contribution in [3.05, 3.63) is 114 Å². The number of hydrazine groups is 1. The number of fused-ring (bicyclic) bond motifs is 1. The molecule has 5 atom stereocenters. The van der Waals surface area contributed by atoms with Crippen molar-refractivity contribution in [2.75, 3.05) is 18.7 Å². The Balaban J connectivity index is 1.36. The van der Waals surface area contributed by atoms with E-state index >= 15 is 0 Å². The van der Waals surface area contributed by atoms with E-state index in [1.807, 2.05) is 24.3 Å². The lowest BCUT2D eigenvalue weighted by molar-refractivity contribution is -0.132. The Morgan fingerprint density at radius 2 is 1.44 bits per heavy atom. The minimum Gasteiger partial charge on any atom is -0.497 e. The molecule has 0 aliphatic rings. The van der Waals surface area contributed by atoms with E-state index in [-0.39, 0.29) is 31.4 Å². The zero-order valence-electron chi connectivity index (χ0n) is 34.6. The molecule has 7 amide bonds. The molecule has 328 valence electrons. The highest BCUT2D eigenvalue weighted by molar-refractivity contribution is 6.00. The molecule has 2 aromatic heterocycles. The van der Waals surface area contributed by atoms with Gasteiger partial charge >= 0.3 is 6.03 Å². The molecule has 5 rings (SSSR count). The molecule has 13 N–H and O–H groups in total. The Morgan fingerprint density at radius 3 is 2.11 bits per heavy atom. The van der Waals surface area contributed by atoms with Crippen LogP contribution in [0.4, 0.5) is 10.5 Å². The predicted molar refractivity (Wildman–Crippen MR) is 232 cm³/mol. The van der Waals surface area contributed by atoms with Crippen LogP contribution in [-0.4, -0.2) is 94.4 Å². The highest BCUT2D eigenvalue weighted by atomic mass is 16.5. The second kappa shape index (κ2) is 22.4. The maximum atomic E-state index is 14.2. The molecular weight excluding hydrogens is 797 g/mol. The van der Waals surface area contributed by atoms with E-state index in [1.54, 1.807) is 54.9 Å². The molecule has 0 bridgehead atoms. The normalized spacial score (nSPS) is 13.4. The number of aromatic amines is 2. The number of hydrogen-bond acceptors (Lipinski definition) is 10. The van der Waals surface area contributed by atoms with Crippen molar-refractivity contribution in [2.24, 2.45) is 17.2 Å². The third-order valence-corrected chi connectivity index (χ3v) is 10.1. The Bertz CT molecular complexity index is 2270. The van der Waals surface area contributed by atoms with Crippen LogP contribution in [0.2, 0.25) is 0 Å². The molecule has 2 heterocycles. The van der Waals surface area contributed by atoms with Crippen molar-refractivity contribution in [1.29, 1.82) is 0 Å². The standard InChI is InChI=1S/C43H54N12O7/c1-26(50-41(59)37(21-28-23-48-34-13-7-6-12-32(28)34)52-40(58)33(45)22-29-24-47-25-49-29)39(57)54-55(30-15-17-31(62-2)18-16-30)43(61)53-36(20-27-10-4-3-5-11-27)42(60)51-35(38(46)56)14-8-9-19-44/h3-7,10-13,15-18,23-26,33,35-37,48H,8-9,14,19-22,44-45H2,1-2H3,(H2,46,56)(H,47,49)(H,50,59)(H,51,60)(H,52,58)(H,53,61)(H,54,57)/t26-,33-,35-,36+,37+/m0/s1. The number of unbranched alkanes of at least 4 members (excludes halogenated alkanes) is 1. The van der Waals surface area contributed by atoms with Crippen LogP contribution in [0.1, 0.15) is 43.0 Å². The van der Waals surface area contributed by atoms with Crippen molar-refractivity contribution in [3.8, 4) is 5.75 Å². The van der Waals surface area contributed by atoms with Gasteiger partial charge in [-0.3, -0.25) is 29.4 Å². The fraction of sp³-hybridized carbons (Fsp3) is 0.326. The summed E-state index contributed by atoms with van der Waals surface area (Å²) < 4.78 is 5.28. The van der Waals surface area contributed by atoms with Gasteiger partial charge in [-0.25, -0.2) is 14.8 Å². The van der Waals surface area contributed by atoms with Gasteiger partial charge in [-0.05, 0) is 74.2 Å². The van der Waals surface area contributed by atoms with Gasteiger partial charge in [0.2, 0.25) is 23.6 Å². The van der Waals surface area contributed by atoms with Gasteiger partial charge in [-0.15, -0.1) is 0 Å². The highest BCUT2D eigenvalue weighted by Crippen LogP contribution is 2.21. The van der Waals surface area contributed by atoms with E-state index in [1.165, 1.54) is 32.5 Å². The molecule has 0 radical (unpaired) electrons. The molecule has 19 nitrogen and oxygen atoms in total. The lowest BCUT2D eigenvalue weighted by Crippen LogP contribution is -2.61. The number of H-pyrrole nitrogens is 2. The van der Waals surface area contributed by atoms with Gasteiger partial charge in [0.25, 0.3) is 5.91 Å². The van der Waals surface area contributed by atoms with Gasteiger partial charge in [0, 0.05) is 48.3 Å². The van der Waals surface area contributed by atoms with Gasteiger partial charge in [0.1, 0.15) is 29.9 Å². The Morgan fingerprint density at radius 1 is 0.758 bits per heavy atom. The highest BCUT2D eigenvalue weighted by Gasteiger charge is 2.32. The number of primary amides is 1. The van der Waals surface area contributed by atoms with Crippen molar-refractivity contribution in [1.82, 2.24) is 41.6 Å². The maximum Gasteiger partial charge on any atom is 0.341 e. The number of amides is 7. The number of methoxy groups -OCH3 is 1. The van der Waals surface area contributed by atoms with Crippen molar-refractivity contribution in [3.63, 3.8) is 0 Å². The molecule has 0 saturated carbocycles. The Kier molecular flexibility index (Phi) is 16.5. The zero-order chi connectivity index (χ0) is 44.6. The van der Waals surface area contributed by atoms with Crippen LogP contribution in [-0.2, 0) is 43.2 Å². The molecule has 62 heavy (non-hydrogen) atoms. The quantitative estimate of drug-likeness (QED) is 0.0369. The third-order valence-electron chi connectivity index (χ3n) is 10.1. The average Bonchev–Trinajstić information content (AvgIpc) is 3.94. The Hall–Kier alpha value is -7.25. The summed E-state index contributed by atoms with van der Waals surface area (Å²) in [7, 11) is 1.47. The van der Waals surface area contributed by atoms with Crippen LogP contribution in [0, 0.1) is 0 Å². The van der Waals surface area contributed by atoms with Gasteiger partial charge in [-0.1, -0.05) is 48.5 Å². The molecule has 3 aromatic carbocycles. The summed E-state index contributed by atoms with van der Waals surface area (Å²) in [6.07, 6.45) is 6.32. The number of para-hydroxylation sites is 1. The van der Waals surface area contributed by atoms with Crippen molar-refractivity contribution < 1.29 is 33.5 Å². The molecule has 0 fully saturated rings. The monoisotopic (exact) mass is 850 g/mol. The van der Waals surface area contributed by atoms with Crippen LogP contribution >= 0.6 is 0 Å². The first-order valence-corrected chi connectivity index (χ1v) is 20.1. The largest absolute Gasteiger partial charge is 0.497 e. The van der Waals surface area contributed by atoms with E-state index in [2.05, 4.69) is 41.6 Å². The van der Waals surface area contributed by atoms with Crippen LogP contribution in [0.5, 0.6) is 5.75 Å². The first-order chi connectivity index (χ1) is 29.9. The number of imidazole rings is 1. The van der Waals surface area contributed by atoms with Crippen LogP contribution < -0.4 is 53.6 Å². The lowest BCUT2D eigenvalue weighted by atomic mass is 10.0. The number of urea groups is 1. The predicted octanol–water partition coefficient (Wildman–Crippen LogP) is 0.959. The van der Waals surface area contributed by atoms with Crippen molar-refractivity contribution in [2.45, 2.75) is 75.7 Å². The second-order valence-electron chi connectivity index (χ2n) is 14.7. The fourth-order valence-corrected chi connectivity index (χ4v) is 6.61. The first-order valence-electron chi connectivity index (χ1n) is 20.1. The third kappa shape index (κ3) is 12.9. The number of ether oxygens (including phenoxy) is 1. The molecule has 0 aliphatic carbocycles. The molecule has 0 aliphatic heterocycles. The van der Waals surface area contributed by atoms with E-state index in [4.69, 9.17) is 21.9 Å². The molecule has 0 unspecified atom stereocenters.